The molecule has 0 bridgehead atoms. The number of hydrogen-bond donors (Lipinski definition) is 1. The molecule has 0 saturated heterocycles. The van der Waals surface area contributed by atoms with Crippen molar-refractivity contribution in [3.05, 3.63) is 12.2 Å². The molecule has 0 rings (SSSR count). The molecule has 1 unspecified atom stereocenters. The molecular formula is C17H28O4. The number of ether oxygens (including phenoxy) is 2. The summed E-state index contributed by atoms with van der Waals surface area (Å²) in [5.74, 6) is 4.72. The molecule has 0 saturated carbocycles. The number of unbranched alkanes of at least 4 members (excludes halogenated alkanes) is 4. The maximum absolute atomic E-state index is 11.1. The van der Waals surface area contributed by atoms with Gasteiger partial charge in [0.05, 0.1) is 5.92 Å². The first kappa shape index (κ1) is 19.7. The molecule has 120 valence electrons. The second kappa shape index (κ2) is 13.7. The summed E-state index contributed by atoms with van der Waals surface area (Å²) in [5, 5.41) is 9.16. The number of carboxylic acid groups (broad SMARTS) is 1. The molecule has 1 atom stereocenters. The topological polar surface area (TPSA) is 55.8 Å². The summed E-state index contributed by atoms with van der Waals surface area (Å²) in [6, 6.07) is 0. The highest BCUT2D eigenvalue weighted by molar-refractivity contribution is 5.72. The van der Waals surface area contributed by atoms with Gasteiger partial charge >= 0.3 is 5.97 Å². The Balaban J connectivity index is 3.94. The molecular weight excluding hydrogens is 268 g/mol. The number of rotatable bonds is 11. The molecule has 0 aliphatic heterocycles. The molecule has 0 aromatic carbocycles. The molecule has 0 aromatic heterocycles. The number of methoxy groups -OCH3 is 2. The Hall–Kier alpha value is -1.31. The van der Waals surface area contributed by atoms with E-state index in [9.17, 15) is 4.79 Å². The monoisotopic (exact) mass is 296 g/mol. The van der Waals surface area contributed by atoms with Crippen LogP contribution in [0.25, 0.3) is 0 Å². The molecule has 0 aromatic rings. The third-order valence-corrected chi connectivity index (χ3v) is 3.12. The molecule has 4 heteroatoms. The molecule has 4 nitrogen and oxygen atoms in total. The van der Waals surface area contributed by atoms with Crippen molar-refractivity contribution in [1.29, 1.82) is 0 Å². The summed E-state index contributed by atoms with van der Waals surface area (Å²) < 4.78 is 9.91. The van der Waals surface area contributed by atoms with Gasteiger partial charge in [0.15, 0.2) is 0 Å². The zero-order valence-corrected chi connectivity index (χ0v) is 13.4. The van der Waals surface area contributed by atoms with Crippen LogP contribution < -0.4 is 0 Å². The van der Waals surface area contributed by atoms with E-state index < -0.39 is 12.3 Å². The first-order chi connectivity index (χ1) is 10.2. The Bertz CT molecular complexity index is 348. The summed E-state index contributed by atoms with van der Waals surface area (Å²) >= 11 is 0. The molecule has 0 spiro atoms. The maximum Gasteiger partial charge on any atom is 0.310 e. The van der Waals surface area contributed by atoms with Gasteiger partial charge in [-0.25, -0.2) is 0 Å². The maximum atomic E-state index is 11.1. The Morgan fingerprint density at radius 1 is 1.24 bits per heavy atom. The van der Waals surface area contributed by atoms with Crippen LogP contribution in [0.15, 0.2) is 12.2 Å². The van der Waals surface area contributed by atoms with E-state index >= 15 is 0 Å². The Kier molecular flexibility index (Phi) is 12.8. The van der Waals surface area contributed by atoms with Crippen molar-refractivity contribution in [2.24, 2.45) is 5.92 Å². The van der Waals surface area contributed by atoms with Gasteiger partial charge in [0.25, 0.3) is 0 Å². The standard InChI is InChI=1S/C17H28O4/c1-4-5-6-9-12-15(17(18)19)13-10-7-8-11-14-16(20-2)21-3/h9,12,15-16H,4-8,10,13H2,1-3H3,(H,18,19). The molecule has 0 amide bonds. The van der Waals surface area contributed by atoms with Gasteiger partial charge in [0.1, 0.15) is 0 Å². The Labute approximate surface area is 128 Å². The number of allylic oxidation sites excluding steroid dienone is 1. The van der Waals surface area contributed by atoms with Crippen LogP contribution in [-0.4, -0.2) is 31.6 Å². The highest BCUT2D eigenvalue weighted by atomic mass is 16.7. The summed E-state index contributed by atoms with van der Waals surface area (Å²) in [7, 11) is 3.09. The van der Waals surface area contributed by atoms with E-state index in [2.05, 4.69) is 18.8 Å². The molecule has 21 heavy (non-hydrogen) atoms. The van der Waals surface area contributed by atoms with E-state index in [1.165, 1.54) is 0 Å². The first-order valence-corrected chi connectivity index (χ1v) is 7.59. The van der Waals surface area contributed by atoms with Gasteiger partial charge in [-0.1, -0.05) is 44.3 Å². The van der Waals surface area contributed by atoms with Crippen LogP contribution in [0.4, 0.5) is 0 Å². The van der Waals surface area contributed by atoms with Crippen LogP contribution in [0.5, 0.6) is 0 Å². The molecule has 0 fully saturated rings. The zero-order chi connectivity index (χ0) is 15.9. The van der Waals surface area contributed by atoms with Crippen LogP contribution in [0.3, 0.4) is 0 Å². The number of hydrogen-bond acceptors (Lipinski definition) is 3. The summed E-state index contributed by atoms with van der Waals surface area (Å²) in [6.45, 7) is 2.13. The van der Waals surface area contributed by atoms with Gasteiger partial charge < -0.3 is 14.6 Å². The van der Waals surface area contributed by atoms with Crippen molar-refractivity contribution in [1.82, 2.24) is 0 Å². The van der Waals surface area contributed by atoms with E-state index in [-0.39, 0.29) is 5.92 Å². The fourth-order valence-electron chi connectivity index (χ4n) is 1.83. The molecule has 0 heterocycles. The fraction of sp³-hybridized carbons (Fsp3) is 0.706. The summed E-state index contributed by atoms with van der Waals surface area (Å²) in [5.41, 5.74) is 0. The van der Waals surface area contributed by atoms with Crippen molar-refractivity contribution >= 4 is 5.97 Å². The lowest BCUT2D eigenvalue weighted by Gasteiger charge is -2.06. The van der Waals surface area contributed by atoms with E-state index in [0.29, 0.717) is 6.42 Å². The second-order valence-corrected chi connectivity index (χ2v) is 4.89. The average molecular weight is 296 g/mol. The van der Waals surface area contributed by atoms with Crippen LogP contribution in [0.2, 0.25) is 0 Å². The number of aliphatic carboxylic acids is 1. The van der Waals surface area contributed by atoms with Crippen LogP contribution >= 0.6 is 0 Å². The zero-order valence-electron chi connectivity index (χ0n) is 13.4. The van der Waals surface area contributed by atoms with Gasteiger partial charge in [0.2, 0.25) is 6.29 Å². The molecule has 0 aliphatic carbocycles. The molecule has 1 N–H and O–H groups in total. The summed E-state index contributed by atoms with van der Waals surface area (Å²) in [6.07, 6.45) is 9.68. The summed E-state index contributed by atoms with van der Waals surface area (Å²) in [4.78, 5) is 11.1. The normalized spacial score (nSPS) is 12.4. The van der Waals surface area contributed by atoms with Gasteiger partial charge in [-0.2, -0.15) is 0 Å². The highest BCUT2D eigenvalue weighted by Gasteiger charge is 2.12. The second-order valence-electron chi connectivity index (χ2n) is 4.89. The number of carbonyl (C=O) groups is 1. The smallest absolute Gasteiger partial charge is 0.310 e. The quantitative estimate of drug-likeness (QED) is 0.274. The van der Waals surface area contributed by atoms with Crippen molar-refractivity contribution in [3.63, 3.8) is 0 Å². The SMILES string of the molecule is CCCCC=CC(CCCCC#CC(OC)OC)C(=O)O. The third kappa shape index (κ3) is 11.1. The lowest BCUT2D eigenvalue weighted by atomic mass is 10.00. The lowest BCUT2D eigenvalue weighted by molar-refractivity contribution is -0.140. The van der Waals surface area contributed by atoms with Crippen molar-refractivity contribution in [2.75, 3.05) is 14.2 Å². The van der Waals surface area contributed by atoms with E-state index in [1.54, 1.807) is 14.2 Å². The number of carboxylic acids is 1. The van der Waals surface area contributed by atoms with Gasteiger partial charge in [-0.3, -0.25) is 4.79 Å². The van der Waals surface area contributed by atoms with Crippen LogP contribution in [0.1, 0.15) is 51.9 Å². The van der Waals surface area contributed by atoms with Gasteiger partial charge in [-0.15, -0.1) is 0 Å². The van der Waals surface area contributed by atoms with Crippen LogP contribution in [-0.2, 0) is 14.3 Å². The van der Waals surface area contributed by atoms with Gasteiger partial charge in [-0.05, 0) is 25.2 Å². The van der Waals surface area contributed by atoms with Gasteiger partial charge in [0, 0.05) is 20.6 Å². The highest BCUT2D eigenvalue weighted by Crippen LogP contribution is 2.12. The minimum absolute atomic E-state index is 0.375. The van der Waals surface area contributed by atoms with Crippen molar-refractivity contribution in [2.45, 2.75) is 58.2 Å². The third-order valence-electron chi connectivity index (χ3n) is 3.12. The van der Waals surface area contributed by atoms with Crippen molar-refractivity contribution in [3.8, 4) is 11.8 Å². The van der Waals surface area contributed by atoms with E-state index in [4.69, 9.17) is 14.6 Å². The minimum atomic E-state index is -0.743. The van der Waals surface area contributed by atoms with Crippen LogP contribution in [0, 0.1) is 17.8 Å². The predicted molar refractivity (Wildman–Crippen MR) is 83.8 cm³/mol. The average Bonchev–Trinajstić information content (AvgIpc) is 2.48. The fourth-order valence-corrected chi connectivity index (χ4v) is 1.83. The first-order valence-electron chi connectivity index (χ1n) is 7.59. The predicted octanol–water partition coefficient (Wildman–Crippen LogP) is 3.62. The molecule has 0 aliphatic rings. The largest absolute Gasteiger partial charge is 0.481 e. The Morgan fingerprint density at radius 2 is 1.95 bits per heavy atom. The minimum Gasteiger partial charge on any atom is -0.481 e. The van der Waals surface area contributed by atoms with E-state index in [0.717, 1.165) is 38.5 Å². The van der Waals surface area contributed by atoms with Crippen molar-refractivity contribution < 1.29 is 19.4 Å². The molecule has 0 radical (unpaired) electrons. The lowest BCUT2D eigenvalue weighted by Crippen LogP contribution is -2.10. The Morgan fingerprint density at radius 3 is 2.52 bits per heavy atom. The van der Waals surface area contributed by atoms with E-state index in [1.807, 2.05) is 12.2 Å².